The van der Waals surface area contributed by atoms with Gasteiger partial charge in [-0.2, -0.15) is 13.2 Å². The fraction of sp³-hybridized carbons (Fsp3) is 0.667. The first kappa shape index (κ1) is 21.7. The molecule has 2 atom stereocenters. The zero-order chi connectivity index (χ0) is 20.9. The zero-order valence-corrected chi connectivity index (χ0v) is 16.6. The van der Waals surface area contributed by atoms with Crippen LogP contribution >= 0.6 is 11.3 Å². The van der Waals surface area contributed by atoms with Crippen molar-refractivity contribution in [3.63, 3.8) is 0 Å². The summed E-state index contributed by atoms with van der Waals surface area (Å²) in [6.45, 7) is 0.811. The number of nitrogens with zero attached hydrogens (tertiary/aromatic N) is 2. The summed E-state index contributed by atoms with van der Waals surface area (Å²) < 4.78 is 37.7. The molecular weight excluding hydrogens is 407 g/mol. The summed E-state index contributed by atoms with van der Waals surface area (Å²) in [6.07, 6.45) is 5.16. The standard InChI is InChI=1S/C18H24F3N5O2S/c19-18(20,21)16-25-26-17(29-16)24-14(27)8-7-12(10-11-4-3-5-11)23-15(28)13-6-1-2-9-22-13/h7-8,11-13,22H,1-6,9-10H2,(H,23,28)(H,24,26,27)/b8-7+/t12-,13?/m1/s1. The summed E-state index contributed by atoms with van der Waals surface area (Å²) in [6, 6.07) is -0.528. The van der Waals surface area contributed by atoms with E-state index in [0.717, 1.165) is 51.5 Å². The van der Waals surface area contributed by atoms with E-state index in [9.17, 15) is 22.8 Å². The molecule has 1 aliphatic heterocycles. The Morgan fingerprint density at radius 2 is 2.00 bits per heavy atom. The molecule has 3 rings (SSSR count). The molecule has 7 nitrogen and oxygen atoms in total. The topological polar surface area (TPSA) is 96.0 Å². The minimum absolute atomic E-state index is 0.0852. The Hall–Kier alpha value is -2.01. The van der Waals surface area contributed by atoms with Gasteiger partial charge in [-0.05, 0) is 31.7 Å². The number of amides is 2. The molecule has 0 spiro atoms. The second-order valence-corrected chi connectivity index (χ2v) is 8.39. The van der Waals surface area contributed by atoms with Crippen molar-refractivity contribution >= 4 is 28.3 Å². The van der Waals surface area contributed by atoms with E-state index in [0.29, 0.717) is 5.92 Å². The Kier molecular flexibility index (Phi) is 7.23. The summed E-state index contributed by atoms with van der Waals surface area (Å²) in [5, 5.41) is 13.5. The zero-order valence-electron chi connectivity index (χ0n) is 15.8. The molecule has 1 aromatic heterocycles. The molecule has 1 saturated heterocycles. The maximum Gasteiger partial charge on any atom is 0.445 e. The first-order valence-electron chi connectivity index (χ1n) is 9.75. The van der Waals surface area contributed by atoms with Gasteiger partial charge in [-0.3, -0.25) is 14.9 Å². The summed E-state index contributed by atoms with van der Waals surface area (Å²) in [5.41, 5.74) is 0. The minimum atomic E-state index is -4.60. The number of carbonyl (C=O) groups is 2. The normalized spacial score (nSPS) is 21.6. The fourth-order valence-electron chi connectivity index (χ4n) is 3.37. The molecule has 2 heterocycles. The number of anilines is 1. The number of hydrogen-bond donors (Lipinski definition) is 3. The predicted molar refractivity (Wildman–Crippen MR) is 102 cm³/mol. The number of nitrogens with one attached hydrogen (secondary N) is 3. The molecule has 160 valence electrons. The molecule has 29 heavy (non-hydrogen) atoms. The van der Waals surface area contributed by atoms with Crippen LogP contribution in [0.2, 0.25) is 0 Å². The molecule has 2 amide bonds. The second-order valence-electron chi connectivity index (χ2n) is 7.41. The quantitative estimate of drug-likeness (QED) is 0.577. The van der Waals surface area contributed by atoms with Crippen molar-refractivity contribution in [2.75, 3.05) is 11.9 Å². The van der Waals surface area contributed by atoms with E-state index < -0.39 is 17.1 Å². The highest BCUT2D eigenvalue weighted by Crippen LogP contribution is 2.33. The summed E-state index contributed by atoms with van der Waals surface area (Å²) in [5.74, 6) is -0.193. The van der Waals surface area contributed by atoms with Crippen molar-refractivity contribution in [3.8, 4) is 0 Å². The molecule has 1 unspecified atom stereocenters. The van der Waals surface area contributed by atoms with Crippen molar-refractivity contribution in [2.24, 2.45) is 5.92 Å². The van der Waals surface area contributed by atoms with E-state index in [4.69, 9.17) is 0 Å². The third-order valence-electron chi connectivity index (χ3n) is 5.14. The van der Waals surface area contributed by atoms with Gasteiger partial charge in [-0.1, -0.05) is 43.1 Å². The predicted octanol–water partition coefficient (Wildman–Crippen LogP) is 2.87. The Labute approximate surface area is 170 Å². The largest absolute Gasteiger partial charge is 0.445 e. The van der Waals surface area contributed by atoms with Crippen LogP contribution in [0.25, 0.3) is 0 Å². The van der Waals surface area contributed by atoms with Crippen molar-refractivity contribution < 1.29 is 22.8 Å². The van der Waals surface area contributed by atoms with Gasteiger partial charge in [0.1, 0.15) is 0 Å². The number of piperidine rings is 1. The highest BCUT2D eigenvalue weighted by molar-refractivity contribution is 7.15. The van der Waals surface area contributed by atoms with E-state index in [-0.39, 0.29) is 34.5 Å². The van der Waals surface area contributed by atoms with E-state index in [2.05, 4.69) is 26.1 Å². The number of halogens is 3. The molecule has 1 saturated carbocycles. The third kappa shape index (κ3) is 6.49. The summed E-state index contributed by atoms with van der Waals surface area (Å²) in [7, 11) is 0. The summed E-state index contributed by atoms with van der Waals surface area (Å²) in [4.78, 5) is 24.6. The summed E-state index contributed by atoms with van der Waals surface area (Å²) >= 11 is 0.264. The average Bonchev–Trinajstić information content (AvgIpc) is 3.12. The van der Waals surface area contributed by atoms with Gasteiger partial charge in [0, 0.05) is 12.1 Å². The third-order valence-corrected chi connectivity index (χ3v) is 6.03. The van der Waals surface area contributed by atoms with Gasteiger partial charge in [-0.25, -0.2) is 0 Å². The van der Waals surface area contributed by atoms with Crippen LogP contribution in [0, 0.1) is 5.92 Å². The van der Waals surface area contributed by atoms with Crippen LogP contribution in [0.4, 0.5) is 18.3 Å². The Balaban J connectivity index is 1.56. The first-order chi connectivity index (χ1) is 13.8. The lowest BCUT2D eigenvalue weighted by Crippen LogP contribution is -2.49. The van der Waals surface area contributed by atoms with Crippen molar-refractivity contribution in [2.45, 2.75) is 63.2 Å². The minimum Gasteiger partial charge on any atom is -0.349 e. The van der Waals surface area contributed by atoms with Gasteiger partial charge in [-0.15, -0.1) is 10.2 Å². The lowest BCUT2D eigenvalue weighted by Gasteiger charge is -2.30. The van der Waals surface area contributed by atoms with Crippen LogP contribution in [0.1, 0.15) is 50.0 Å². The van der Waals surface area contributed by atoms with Crippen molar-refractivity contribution in [1.82, 2.24) is 20.8 Å². The molecule has 1 aromatic rings. The smallest absolute Gasteiger partial charge is 0.349 e. The van der Waals surface area contributed by atoms with E-state index in [1.54, 1.807) is 6.08 Å². The molecule has 11 heteroatoms. The van der Waals surface area contributed by atoms with Crippen LogP contribution in [0.15, 0.2) is 12.2 Å². The molecule has 3 N–H and O–H groups in total. The highest BCUT2D eigenvalue weighted by atomic mass is 32.1. The average molecular weight is 431 g/mol. The molecule has 2 fully saturated rings. The van der Waals surface area contributed by atoms with Gasteiger partial charge >= 0.3 is 6.18 Å². The van der Waals surface area contributed by atoms with E-state index in [1.165, 1.54) is 6.08 Å². The lowest BCUT2D eigenvalue weighted by molar-refractivity contribution is -0.138. The van der Waals surface area contributed by atoms with Gasteiger partial charge in [0.2, 0.25) is 22.0 Å². The molecule has 0 radical (unpaired) electrons. The van der Waals surface area contributed by atoms with E-state index >= 15 is 0 Å². The van der Waals surface area contributed by atoms with Crippen LogP contribution in [-0.2, 0) is 15.8 Å². The van der Waals surface area contributed by atoms with Crippen LogP contribution in [0.3, 0.4) is 0 Å². The highest BCUT2D eigenvalue weighted by Gasteiger charge is 2.35. The monoisotopic (exact) mass is 431 g/mol. The fourth-order valence-corrected chi connectivity index (χ4v) is 3.98. The molecule has 0 aromatic carbocycles. The van der Waals surface area contributed by atoms with Crippen molar-refractivity contribution in [3.05, 3.63) is 17.2 Å². The maximum atomic E-state index is 12.6. The van der Waals surface area contributed by atoms with Crippen molar-refractivity contribution in [1.29, 1.82) is 0 Å². The molecule has 1 aliphatic carbocycles. The maximum absolute atomic E-state index is 12.6. The van der Waals surface area contributed by atoms with Gasteiger partial charge in [0.05, 0.1) is 6.04 Å². The van der Waals surface area contributed by atoms with Gasteiger partial charge in [0.15, 0.2) is 0 Å². The lowest BCUT2D eigenvalue weighted by atomic mass is 9.80. The van der Waals surface area contributed by atoms with E-state index in [1.807, 2.05) is 0 Å². The number of hydrogen-bond acceptors (Lipinski definition) is 6. The Bertz CT molecular complexity index is 742. The Morgan fingerprint density at radius 3 is 2.59 bits per heavy atom. The van der Waals surface area contributed by atoms with Crippen LogP contribution in [-0.4, -0.2) is 40.6 Å². The second kappa shape index (κ2) is 9.66. The van der Waals surface area contributed by atoms with Gasteiger partial charge < -0.3 is 10.6 Å². The SMILES string of the molecule is O=C(/C=C/[C@H](CC1CCC1)NC(=O)C1CCCCN1)Nc1nnc(C(F)(F)F)s1. The number of alkyl halides is 3. The number of carbonyl (C=O) groups excluding carboxylic acids is 2. The molecule has 2 aliphatic rings. The van der Waals surface area contributed by atoms with Crippen LogP contribution < -0.4 is 16.0 Å². The van der Waals surface area contributed by atoms with Gasteiger partial charge in [0.25, 0.3) is 0 Å². The number of aromatic nitrogens is 2. The Morgan fingerprint density at radius 1 is 1.21 bits per heavy atom. The number of rotatable bonds is 7. The van der Waals surface area contributed by atoms with Crippen LogP contribution in [0.5, 0.6) is 0 Å². The molecule has 0 bridgehead atoms. The molecular formula is C18H24F3N5O2S. The first-order valence-corrected chi connectivity index (χ1v) is 10.6.